The van der Waals surface area contributed by atoms with Crippen LogP contribution in [0.3, 0.4) is 0 Å². The highest BCUT2D eigenvalue weighted by atomic mass is 32.2. The second-order valence-corrected chi connectivity index (χ2v) is 8.24. The van der Waals surface area contributed by atoms with Crippen LogP contribution in [0.5, 0.6) is 5.75 Å². The predicted molar refractivity (Wildman–Crippen MR) is 85.4 cm³/mol. The maximum absolute atomic E-state index is 12.4. The molecule has 0 aromatic heterocycles. The van der Waals surface area contributed by atoms with E-state index >= 15 is 0 Å². The SMILES string of the molecule is O=C(N[C@@H]1CCS(=O)(=O)C1)c1ccccc1OC[C@@H]1CCCO1. The topological polar surface area (TPSA) is 81.7 Å². The zero-order valence-corrected chi connectivity index (χ0v) is 13.7. The van der Waals surface area contributed by atoms with E-state index in [0.29, 0.717) is 24.3 Å². The fraction of sp³-hybridized carbons (Fsp3) is 0.562. The third kappa shape index (κ3) is 4.23. The number of rotatable bonds is 5. The first-order valence-electron chi connectivity index (χ1n) is 7.88. The van der Waals surface area contributed by atoms with Gasteiger partial charge in [0.25, 0.3) is 5.91 Å². The molecule has 1 aromatic rings. The lowest BCUT2D eigenvalue weighted by Gasteiger charge is -2.16. The molecule has 0 saturated carbocycles. The molecule has 2 atom stereocenters. The van der Waals surface area contributed by atoms with E-state index in [1.807, 2.05) is 6.07 Å². The highest BCUT2D eigenvalue weighted by molar-refractivity contribution is 7.91. The number of para-hydroxylation sites is 1. The van der Waals surface area contributed by atoms with Crippen molar-refractivity contribution in [2.45, 2.75) is 31.4 Å². The molecular formula is C16H21NO5S. The number of nitrogens with one attached hydrogen (secondary N) is 1. The predicted octanol–water partition coefficient (Wildman–Crippen LogP) is 1.16. The Bertz CT molecular complexity index is 667. The van der Waals surface area contributed by atoms with Gasteiger partial charge in [0.15, 0.2) is 9.84 Å². The number of ether oxygens (including phenoxy) is 2. The molecule has 126 valence electrons. The van der Waals surface area contributed by atoms with Crippen LogP contribution in [0.2, 0.25) is 0 Å². The number of hydrogen-bond donors (Lipinski definition) is 1. The summed E-state index contributed by atoms with van der Waals surface area (Å²) in [5.41, 5.74) is 0.426. The fourth-order valence-electron chi connectivity index (χ4n) is 2.91. The van der Waals surface area contributed by atoms with Gasteiger partial charge in [0, 0.05) is 12.6 Å². The first-order chi connectivity index (χ1) is 11.0. The largest absolute Gasteiger partial charge is 0.490 e. The molecule has 7 heteroatoms. The standard InChI is InChI=1S/C16H21NO5S/c18-16(17-12-7-9-23(19,20)11-12)14-5-1-2-6-15(14)22-10-13-4-3-8-21-13/h1-2,5-6,12-13H,3-4,7-11H2,(H,17,18)/t12-,13+/m1/s1. The Balaban J connectivity index is 1.63. The van der Waals surface area contributed by atoms with Gasteiger partial charge in [0.05, 0.1) is 23.2 Å². The highest BCUT2D eigenvalue weighted by Gasteiger charge is 2.29. The maximum Gasteiger partial charge on any atom is 0.255 e. The van der Waals surface area contributed by atoms with Crippen molar-refractivity contribution in [2.24, 2.45) is 0 Å². The molecule has 2 saturated heterocycles. The Labute approximate surface area is 136 Å². The lowest BCUT2D eigenvalue weighted by Crippen LogP contribution is -2.35. The molecule has 0 spiro atoms. The van der Waals surface area contributed by atoms with E-state index < -0.39 is 9.84 Å². The van der Waals surface area contributed by atoms with Crippen molar-refractivity contribution in [3.8, 4) is 5.75 Å². The van der Waals surface area contributed by atoms with E-state index in [1.54, 1.807) is 18.2 Å². The average molecular weight is 339 g/mol. The van der Waals surface area contributed by atoms with E-state index in [4.69, 9.17) is 9.47 Å². The van der Waals surface area contributed by atoms with Crippen LogP contribution in [0.15, 0.2) is 24.3 Å². The van der Waals surface area contributed by atoms with Crippen molar-refractivity contribution in [3.05, 3.63) is 29.8 Å². The molecule has 1 aromatic carbocycles. The first kappa shape index (κ1) is 16.3. The van der Waals surface area contributed by atoms with Gasteiger partial charge in [-0.1, -0.05) is 12.1 Å². The molecule has 1 N–H and O–H groups in total. The summed E-state index contributed by atoms with van der Waals surface area (Å²) in [6.45, 7) is 1.18. The van der Waals surface area contributed by atoms with E-state index in [-0.39, 0.29) is 29.6 Å². The summed E-state index contributed by atoms with van der Waals surface area (Å²) in [4.78, 5) is 12.4. The Kier molecular flexibility index (Phi) is 4.87. The van der Waals surface area contributed by atoms with Crippen LogP contribution in [0.1, 0.15) is 29.6 Å². The van der Waals surface area contributed by atoms with Crippen molar-refractivity contribution in [2.75, 3.05) is 24.7 Å². The van der Waals surface area contributed by atoms with Gasteiger partial charge >= 0.3 is 0 Å². The zero-order valence-electron chi connectivity index (χ0n) is 12.9. The smallest absolute Gasteiger partial charge is 0.255 e. The quantitative estimate of drug-likeness (QED) is 0.871. The second kappa shape index (κ2) is 6.88. The molecule has 0 unspecified atom stereocenters. The molecule has 0 bridgehead atoms. The number of carbonyl (C=O) groups is 1. The minimum atomic E-state index is -3.02. The molecule has 2 heterocycles. The molecule has 2 aliphatic heterocycles. The van der Waals surface area contributed by atoms with Gasteiger partial charge < -0.3 is 14.8 Å². The summed E-state index contributed by atoms with van der Waals surface area (Å²) in [6, 6.07) is 6.68. The molecule has 23 heavy (non-hydrogen) atoms. The lowest BCUT2D eigenvalue weighted by molar-refractivity contribution is 0.0670. The fourth-order valence-corrected chi connectivity index (χ4v) is 4.58. The summed E-state index contributed by atoms with van der Waals surface area (Å²) in [5, 5.41) is 2.79. The van der Waals surface area contributed by atoms with Crippen LogP contribution in [0, 0.1) is 0 Å². The molecule has 1 amide bonds. The van der Waals surface area contributed by atoms with Gasteiger partial charge in [-0.25, -0.2) is 8.42 Å². The Morgan fingerprint density at radius 3 is 2.83 bits per heavy atom. The van der Waals surface area contributed by atoms with Crippen molar-refractivity contribution in [3.63, 3.8) is 0 Å². The third-order valence-corrected chi connectivity index (χ3v) is 5.92. The maximum atomic E-state index is 12.4. The zero-order chi connectivity index (χ0) is 16.3. The van der Waals surface area contributed by atoms with Crippen LogP contribution in [-0.4, -0.2) is 51.2 Å². The van der Waals surface area contributed by atoms with E-state index in [0.717, 1.165) is 19.4 Å². The number of amides is 1. The second-order valence-electron chi connectivity index (χ2n) is 6.02. The van der Waals surface area contributed by atoms with Crippen LogP contribution in [0.25, 0.3) is 0 Å². The van der Waals surface area contributed by atoms with E-state index in [1.165, 1.54) is 0 Å². The van der Waals surface area contributed by atoms with Crippen LogP contribution >= 0.6 is 0 Å². The van der Waals surface area contributed by atoms with Crippen molar-refractivity contribution in [1.82, 2.24) is 5.32 Å². The van der Waals surface area contributed by atoms with Crippen LogP contribution in [0.4, 0.5) is 0 Å². The minimum absolute atomic E-state index is 0.0116. The molecule has 2 fully saturated rings. The molecule has 3 rings (SSSR count). The lowest BCUT2D eigenvalue weighted by atomic mass is 10.1. The van der Waals surface area contributed by atoms with Gasteiger partial charge in [-0.05, 0) is 31.4 Å². The highest BCUT2D eigenvalue weighted by Crippen LogP contribution is 2.21. The monoisotopic (exact) mass is 339 g/mol. The van der Waals surface area contributed by atoms with Crippen LogP contribution < -0.4 is 10.1 Å². The Morgan fingerprint density at radius 1 is 1.30 bits per heavy atom. The van der Waals surface area contributed by atoms with Crippen molar-refractivity contribution < 1.29 is 22.7 Å². The van der Waals surface area contributed by atoms with Gasteiger partial charge in [-0.2, -0.15) is 0 Å². The Hall–Kier alpha value is -1.60. The van der Waals surface area contributed by atoms with Gasteiger partial charge in [-0.15, -0.1) is 0 Å². The summed E-state index contributed by atoms with van der Waals surface area (Å²) in [7, 11) is -3.02. The summed E-state index contributed by atoms with van der Waals surface area (Å²) < 4.78 is 34.2. The normalized spacial score (nSPS) is 26.1. The van der Waals surface area contributed by atoms with Gasteiger partial charge in [0.1, 0.15) is 12.4 Å². The van der Waals surface area contributed by atoms with Crippen molar-refractivity contribution >= 4 is 15.7 Å². The average Bonchev–Trinajstić information content (AvgIpc) is 3.15. The minimum Gasteiger partial charge on any atom is -0.490 e. The van der Waals surface area contributed by atoms with Gasteiger partial charge in [0.2, 0.25) is 0 Å². The molecular weight excluding hydrogens is 318 g/mol. The Morgan fingerprint density at radius 2 is 2.13 bits per heavy atom. The first-order valence-corrected chi connectivity index (χ1v) is 9.70. The summed E-state index contributed by atoms with van der Waals surface area (Å²) in [6.07, 6.45) is 2.54. The van der Waals surface area contributed by atoms with Gasteiger partial charge in [-0.3, -0.25) is 4.79 Å². The summed E-state index contributed by atoms with van der Waals surface area (Å²) >= 11 is 0. The van der Waals surface area contributed by atoms with E-state index in [9.17, 15) is 13.2 Å². The number of benzene rings is 1. The molecule has 0 aliphatic carbocycles. The summed E-state index contributed by atoms with van der Waals surface area (Å²) in [5.74, 6) is 0.351. The number of carbonyl (C=O) groups excluding carboxylic acids is 1. The number of hydrogen-bond acceptors (Lipinski definition) is 5. The third-order valence-electron chi connectivity index (χ3n) is 4.15. The molecule has 2 aliphatic rings. The van der Waals surface area contributed by atoms with E-state index in [2.05, 4.69) is 5.32 Å². The molecule has 6 nitrogen and oxygen atoms in total. The van der Waals surface area contributed by atoms with Crippen LogP contribution in [-0.2, 0) is 14.6 Å². The molecule has 0 radical (unpaired) electrons. The van der Waals surface area contributed by atoms with Crippen molar-refractivity contribution in [1.29, 1.82) is 0 Å². The number of sulfone groups is 1.